The van der Waals surface area contributed by atoms with E-state index in [0.29, 0.717) is 22.9 Å². The van der Waals surface area contributed by atoms with E-state index in [1.807, 2.05) is 13.8 Å². The predicted molar refractivity (Wildman–Crippen MR) is 77.7 cm³/mol. The number of aromatic nitrogens is 3. The average Bonchev–Trinajstić information content (AvgIpc) is 2.93. The number of methoxy groups -OCH3 is 1. The van der Waals surface area contributed by atoms with Gasteiger partial charge in [0.05, 0.1) is 12.7 Å². The van der Waals surface area contributed by atoms with Gasteiger partial charge in [-0.15, -0.1) is 0 Å². The van der Waals surface area contributed by atoms with E-state index in [0.717, 1.165) is 0 Å². The van der Waals surface area contributed by atoms with Crippen LogP contribution in [0.2, 0.25) is 0 Å². The SMILES string of the molecule is COc1ccc(C(C)=O)c(OCc2ncnn2C(C)C)c1. The fraction of sp³-hybridized carbons (Fsp3) is 0.400. The number of ether oxygens (including phenoxy) is 2. The summed E-state index contributed by atoms with van der Waals surface area (Å²) in [6, 6.07) is 5.33. The van der Waals surface area contributed by atoms with E-state index in [9.17, 15) is 4.79 Å². The first kappa shape index (κ1) is 15.0. The van der Waals surface area contributed by atoms with Crippen molar-refractivity contribution in [3.8, 4) is 11.5 Å². The maximum Gasteiger partial charge on any atom is 0.165 e. The van der Waals surface area contributed by atoms with Gasteiger partial charge in [-0.3, -0.25) is 4.79 Å². The Morgan fingerprint density at radius 2 is 2.14 bits per heavy atom. The summed E-state index contributed by atoms with van der Waals surface area (Å²) in [5.74, 6) is 1.78. The third-order valence-electron chi connectivity index (χ3n) is 3.06. The molecule has 6 nitrogen and oxygen atoms in total. The number of ketones is 1. The lowest BCUT2D eigenvalue weighted by Gasteiger charge is -2.13. The molecule has 0 saturated heterocycles. The molecule has 0 spiro atoms. The average molecular weight is 289 g/mol. The van der Waals surface area contributed by atoms with Crippen LogP contribution in [0.4, 0.5) is 0 Å². The van der Waals surface area contributed by atoms with E-state index < -0.39 is 0 Å². The molecule has 0 N–H and O–H groups in total. The molecule has 0 saturated carbocycles. The van der Waals surface area contributed by atoms with Gasteiger partial charge in [0.15, 0.2) is 11.6 Å². The van der Waals surface area contributed by atoms with Gasteiger partial charge in [0.25, 0.3) is 0 Å². The molecule has 1 aromatic heterocycles. The molecule has 21 heavy (non-hydrogen) atoms. The molecule has 6 heteroatoms. The van der Waals surface area contributed by atoms with Crippen molar-refractivity contribution in [2.45, 2.75) is 33.4 Å². The van der Waals surface area contributed by atoms with Gasteiger partial charge in [-0.25, -0.2) is 9.67 Å². The summed E-state index contributed by atoms with van der Waals surface area (Å²) < 4.78 is 12.7. The van der Waals surface area contributed by atoms with Crippen LogP contribution in [0.3, 0.4) is 0 Å². The van der Waals surface area contributed by atoms with Gasteiger partial charge in [0.2, 0.25) is 0 Å². The third kappa shape index (κ3) is 3.39. The molecule has 112 valence electrons. The Morgan fingerprint density at radius 1 is 1.38 bits per heavy atom. The highest BCUT2D eigenvalue weighted by Crippen LogP contribution is 2.26. The van der Waals surface area contributed by atoms with Crippen LogP contribution in [0.5, 0.6) is 11.5 Å². The first-order chi connectivity index (χ1) is 10.0. The molecule has 0 radical (unpaired) electrons. The van der Waals surface area contributed by atoms with Crippen molar-refractivity contribution < 1.29 is 14.3 Å². The molecule has 2 rings (SSSR count). The van der Waals surface area contributed by atoms with E-state index in [-0.39, 0.29) is 18.4 Å². The highest BCUT2D eigenvalue weighted by molar-refractivity contribution is 5.97. The zero-order chi connectivity index (χ0) is 15.4. The van der Waals surface area contributed by atoms with Crippen molar-refractivity contribution >= 4 is 5.78 Å². The smallest absolute Gasteiger partial charge is 0.165 e. The van der Waals surface area contributed by atoms with Crippen LogP contribution in [0.1, 0.15) is 43.0 Å². The molecule has 0 aliphatic rings. The summed E-state index contributed by atoms with van der Waals surface area (Å²) >= 11 is 0. The maximum absolute atomic E-state index is 11.6. The van der Waals surface area contributed by atoms with Crippen molar-refractivity contribution in [2.75, 3.05) is 7.11 Å². The van der Waals surface area contributed by atoms with E-state index >= 15 is 0 Å². The van der Waals surface area contributed by atoms with E-state index in [1.165, 1.54) is 13.3 Å². The maximum atomic E-state index is 11.6. The standard InChI is InChI=1S/C15H19N3O3/c1-10(2)18-15(16-9-17-18)8-21-14-7-12(20-4)5-6-13(14)11(3)19/h5-7,9-10H,8H2,1-4H3. The fourth-order valence-corrected chi connectivity index (χ4v) is 1.99. The molecule has 2 aromatic rings. The molecule has 0 aliphatic carbocycles. The highest BCUT2D eigenvalue weighted by atomic mass is 16.5. The second kappa shape index (κ2) is 6.39. The molecule has 0 aliphatic heterocycles. The van der Waals surface area contributed by atoms with Crippen LogP contribution < -0.4 is 9.47 Å². The van der Waals surface area contributed by atoms with E-state index in [4.69, 9.17) is 9.47 Å². The van der Waals surface area contributed by atoms with Crippen LogP contribution in [0.15, 0.2) is 24.5 Å². The minimum atomic E-state index is -0.0574. The van der Waals surface area contributed by atoms with Crippen LogP contribution in [0, 0.1) is 0 Å². The first-order valence-electron chi connectivity index (χ1n) is 6.73. The zero-order valence-corrected chi connectivity index (χ0v) is 12.7. The summed E-state index contributed by atoms with van der Waals surface area (Å²) in [5, 5.41) is 4.15. The highest BCUT2D eigenvalue weighted by Gasteiger charge is 2.13. The normalized spacial score (nSPS) is 10.7. The van der Waals surface area contributed by atoms with Crippen molar-refractivity contribution in [1.29, 1.82) is 0 Å². The van der Waals surface area contributed by atoms with E-state index in [2.05, 4.69) is 10.1 Å². The summed E-state index contributed by atoms with van der Waals surface area (Å²) in [6.45, 7) is 5.78. The molecular formula is C15H19N3O3. The molecule has 0 unspecified atom stereocenters. The van der Waals surface area contributed by atoms with Crippen molar-refractivity contribution in [1.82, 2.24) is 14.8 Å². The van der Waals surface area contributed by atoms with Crippen molar-refractivity contribution in [3.05, 3.63) is 35.9 Å². The number of hydrogen-bond donors (Lipinski definition) is 0. The third-order valence-corrected chi connectivity index (χ3v) is 3.06. The lowest BCUT2D eigenvalue weighted by atomic mass is 10.1. The number of rotatable bonds is 6. The van der Waals surface area contributed by atoms with E-state index in [1.54, 1.807) is 30.0 Å². The lowest BCUT2D eigenvalue weighted by molar-refractivity contribution is 0.101. The van der Waals surface area contributed by atoms with Crippen LogP contribution >= 0.6 is 0 Å². The number of Topliss-reactive ketones (excluding diaryl/α,β-unsaturated/α-hetero) is 1. The van der Waals surface area contributed by atoms with Crippen molar-refractivity contribution in [2.24, 2.45) is 0 Å². The molecule has 0 fully saturated rings. The van der Waals surface area contributed by atoms with Gasteiger partial charge >= 0.3 is 0 Å². The Balaban J connectivity index is 2.22. The van der Waals surface area contributed by atoms with Gasteiger partial charge in [0.1, 0.15) is 24.4 Å². The number of carbonyl (C=O) groups is 1. The summed E-state index contributed by atoms with van der Waals surface area (Å²) in [6.07, 6.45) is 1.50. The number of benzene rings is 1. The topological polar surface area (TPSA) is 66.2 Å². The van der Waals surface area contributed by atoms with Crippen molar-refractivity contribution in [3.63, 3.8) is 0 Å². The molecule has 0 atom stereocenters. The first-order valence-corrected chi connectivity index (χ1v) is 6.73. The number of hydrogen-bond acceptors (Lipinski definition) is 5. The number of carbonyl (C=O) groups excluding carboxylic acids is 1. The van der Waals surface area contributed by atoms with Crippen LogP contribution in [-0.4, -0.2) is 27.7 Å². The van der Waals surface area contributed by atoms with Gasteiger partial charge in [-0.1, -0.05) is 0 Å². The minimum Gasteiger partial charge on any atom is -0.497 e. The summed E-state index contributed by atoms with van der Waals surface area (Å²) in [7, 11) is 1.57. The van der Waals surface area contributed by atoms with Gasteiger partial charge < -0.3 is 9.47 Å². The van der Waals surface area contributed by atoms with Gasteiger partial charge in [-0.2, -0.15) is 5.10 Å². The predicted octanol–water partition coefficient (Wildman–Crippen LogP) is 2.65. The monoisotopic (exact) mass is 289 g/mol. The Morgan fingerprint density at radius 3 is 2.76 bits per heavy atom. The van der Waals surface area contributed by atoms with Crippen LogP contribution in [0.25, 0.3) is 0 Å². The van der Waals surface area contributed by atoms with Crippen LogP contribution in [-0.2, 0) is 6.61 Å². The molecule has 1 aromatic carbocycles. The second-order valence-electron chi connectivity index (χ2n) is 4.92. The largest absolute Gasteiger partial charge is 0.497 e. The number of nitrogens with zero attached hydrogens (tertiary/aromatic N) is 3. The fourth-order valence-electron chi connectivity index (χ4n) is 1.99. The summed E-state index contributed by atoms with van der Waals surface area (Å²) in [4.78, 5) is 15.8. The lowest BCUT2D eigenvalue weighted by Crippen LogP contribution is -2.11. The Hall–Kier alpha value is -2.37. The zero-order valence-electron chi connectivity index (χ0n) is 12.7. The Bertz CT molecular complexity index is 635. The molecular weight excluding hydrogens is 270 g/mol. The Labute approximate surface area is 123 Å². The quantitative estimate of drug-likeness (QED) is 0.765. The summed E-state index contributed by atoms with van der Waals surface area (Å²) in [5.41, 5.74) is 0.520. The molecule has 0 bridgehead atoms. The Kier molecular flexibility index (Phi) is 4.57. The van der Waals surface area contributed by atoms with Gasteiger partial charge in [0, 0.05) is 12.1 Å². The minimum absolute atomic E-state index is 0.0574. The molecule has 0 amide bonds. The second-order valence-corrected chi connectivity index (χ2v) is 4.92. The molecule has 1 heterocycles. The van der Waals surface area contributed by atoms with Gasteiger partial charge in [-0.05, 0) is 32.9 Å².